The molecule has 0 amide bonds. The van der Waals surface area contributed by atoms with Gasteiger partial charge in [0.25, 0.3) is 0 Å². The normalized spacial score (nSPS) is 6.00. The van der Waals surface area contributed by atoms with Gasteiger partial charge in [0.1, 0.15) is 0 Å². The minimum Gasteiger partial charge on any atom is -0.396 e. The van der Waals surface area contributed by atoms with Crippen molar-refractivity contribution >= 4 is 0 Å². The molecule has 0 bridgehead atoms. The second-order valence-corrected chi connectivity index (χ2v) is 0.724. The van der Waals surface area contributed by atoms with Crippen molar-refractivity contribution in [3.05, 3.63) is 0 Å². The van der Waals surface area contributed by atoms with Gasteiger partial charge in [0, 0.05) is 23.7 Å². The summed E-state index contributed by atoms with van der Waals surface area (Å²) in [6.07, 6.45) is 0.875. The third kappa shape index (κ3) is 12.6. The Morgan fingerprint density at radius 2 is 1.80 bits per heavy atom. The molecule has 1 nitrogen and oxygen atoms in total. The summed E-state index contributed by atoms with van der Waals surface area (Å²) >= 11 is 0. The van der Waals surface area contributed by atoms with Gasteiger partial charge in [0.2, 0.25) is 0 Å². The summed E-state index contributed by atoms with van der Waals surface area (Å²) in [7, 11) is 0. The molecule has 0 aliphatic heterocycles. The van der Waals surface area contributed by atoms with Crippen LogP contribution in [0.5, 0.6) is 0 Å². The van der Waals surface area contributed by atoms with Crippen LogP contribution in [0.15, 0.2) is 0 Å². The molecule has 0 aliphatic carbocycles. The molecule has 0 rings (SSSR count). The summed E-state index contributed by atoms with van der Waals surface area (Å²) in [5.74, 6) is 0. The zero-order valence-corrected chi connectivity index (χ0v) is 4.10. The Hall–Kier alpha value is 0.479. The zero-order chi connectivity index (χ0) is 3.41. The molecule has 37 valence electrons. The van der Waals surface area contributed by atoms with Gasteiger partial charge in [0.15, 0.2) is 0 Å². The zero-order valence-electron chi connectivity index (χ0n) is 3.16. The van der Waals surface area contributed by atoms with Crippen molar-refractivity contribution in [2.75, 3.05) is 6.61 Å². The van der Waals surface area contributed by atoms with Crippen LogP contribution in [0.2, 0.25) is 0 Å². The van der Waals surface area contributed by atoms with Gasteiger partial charge in [-0.15, -0.1) is 0 Å². The molecule has 0 saturated carbocycles. The topological polar surface area (TPSA) is 20.2 Å². The maximum atomic E-state index is 7.88. The molecule has 0 aromatic heterocycles. The van der Waals surface area contributed by atoms with E-state index in [1.807, 2.05) is 6.92 Å². The van der Waals surface area contributed by atoms with E-state index in [0.29, 0.717) is 6.61 Å². The average Bonchev–Trinajstić information content (AvgIpc) is 1.37. The van der Waals surface area contributed by atoms with Gasteiger partial charge in [-0.3, -0.25) is 0 Å². The average molecular weight is 124 g/mol. The van der Waals surface area contributed by atoms with E-state index >= 15 is 0 Å². The van der Waals surface area contributed by atoms with Crippen LogP contribution in [0.1, 0.15) is 13.3 Å². The van der Waals surface area contributed by atoms with E-state index in [0.717, 1.165) is 6.42 Å². The smallest absolute Gasteiger partial charge is 0.0428 e. The molecule has 0 aliphatic rings. The maximum Gasteiger partial charge on any atom is 0.0428 e. The Morgan fingerprint density at radius 1 is 1.60 bits per heavy atom. The van der Waals surface area contributed by atoms with Crippen LogP contribution in [-0.2, 0) is 17.1 Å². The van der Waals surface area contributed by atoms with Crippen LogP contribution in [0.3, 0.4) is 0 Å². The summed E-state index contributed by atoms with van der Waals surface area (Å²) in [5, 5.41) is 7.88. The van der Waals surface area contributed by atoms with E-state index in [9.17, 15) is 0 Å². The molecule has 0 spiro atoms. The summed E-state index contributed by atoms with van der Waals surface area (Å²) in [4.78, 5) is 0. The molecule has 0 unspecified atom stereocenters. The molecule has 0 aromatic carbocycles. The molecule has 2 heteroatoms. The molecule has 1 N–H and O–H groups in total. The van der Waals surface area contributed by atoms with Crippen LogP contribution >= 0.6 is 0 Å². The minimum absolute atomic E-state index is 0. The minimum atomic E-state index is 0. The molecule has 0 saturated heterocycles. The van der Waals surface area contributed by atoms with E-state index in [-0.39, 0.29) is 17.1 Å². The van der Waals surface area contributed by atoms with Gasteiger partial charge < -0.3 is 5.11 Å². The number of aliphatic hydroxyl groups is 1. The Kier molecular flexibility index (Phi) is 16.0. The largest absolute Gasteiger partial charge is 0.396 e. The van der Waals surface area contributed by atoms with Crippen LogP contribution in [0.4, 0.5) is 0 Å². The van der Waals surface area contributed by atoms with E-state index in [4.69, 9.17) is 5.11 Å². The van der Waals surface area contributed by atoms with Gasteiger partial charge in [-0.2, -0.15) is 0 Å². The third-order valence-electron chi connectivity index (χ3n) is 0.224. The summed E-state index contributed by atoms with van der Waals surface area (Å²) < 4.78 is 0. The van der Waals surface area contributed by atoms with Gasteiger partial charge in [-0.05, 0) is 6.42 Å². The second-order valence-electron chi connectivity index (χ2n) is 0.724. The van der Waals surface area contributed by atoms with Crippen molar-refractivity contribution in [2.24, 2.45) is 0 Å². The van der Waals surface area contributed by atoms with E-state index in [2.05, 4.69) is 0 Å². The second kappa shape index (κ2) is 8.82. The summed E-state index contributed by atoms with van der Waals surface area (Å²) in [6.45, 7) is 2.25. The standard InChI is InChI=1S/C3H8O.Cu/c1-2-3-4;/h4H,2-3H2,1H3;. The first-order chi connectivity index (χ1) is 1.91. The van der Waals surface area contributed by atoms with Crippen molar-refractivity contribution in [3.8, 4) is 0 Å². The fraction of sp³-hybridized carbons (Fsp3) is 1.00. The molecule has 0 heterocycles. The van der Waals surface area contributed by atoms with Crippen molar-refractivity contribution in [1.82, 2.24) is 0 Å². The number of hydrogen-bond donors (Lipinski definition) is 1. The maximum absolute atomic E-state index is 7.88. The van der Waals surface area contributed by atoms with Gasteiger partial charge in [0.05, 0.1) is 0 Å². The summed E-state index contributed by atoms with van der Waals surface area (Å²) in [6, 6.07) is 0. The van der Waals surface area contributed by atoms with Crippen LogP contribution in [-0.4, -0.2) is 11.7 Å². The third-order valence-corrected chi connectivity index (χ3v) is 0.224. The Labute approximate surface area is 42.9 Å². The molecule has 1 radical (unpaired) electrons. The molecule has 0 aromatic rings. The van der Waals surface area contributed by atoms with E-state index < -0.39 is 0 Å². The quantitative estimate of drug-likeness (QED) is 0.500. The Morgan fingerprint density at radius 3 is 1.80 bits per heavy atom. The molecule has 0 atom stereocenters. The fourth-order valence-electron chi connectivity index (χ4n) is 0. The van der Waals surface area contributed by atoms with Crippen LogP contribution in [0.25, 0.3) is 0 Å². The predicted octanol–water partition coefficient (Wildman–Crippen LogP) is 0.386. The number of aliphatic hydroxyl groups excluding tert-OH is 1. The van der Waals surface area contributed by atoms with Crippen molar-refractivity contribution in [3.63, 3.8) is 0 Å². The van der Waals surface area contributed by atoms with Crippen LogP contribution in [0, 0.1) is 0 Å². The molecular weight excluding hydrogens is 116 g/mol. The SMILES string of the molecule is CCCO.[Cu]. The number of hydrogen-bond acceptors (Lipinski definition) is 1. The van der Waals surface area contributed by atoms with Crippen molar-refractivity contribution in [2.45, 2.75) is 13.3 Å². The number of rotatable bonds is 1. The van der Waals surface area contributed by atoms with E-state index in [1.54, 1.807) is 0 Å². The first-order valence-corrected chi connectivity index (χ1v) is 1.52. The molecular formula is C3H8CuO. The van der Waals surface area contributed by atoms with Crippen LogP contribution < -0.4 is 0 Å². The molecule has 0 fully saturated rings. The van der Waals surface area contributed by atoms with Gasteiger partial charge >= 0.3 is 0 Å². The summed E-state index contributed by atoms with van der Waals surface area (Å²) in [5.41, 5.74) is 0. The Bertz CT molecular complexity index is 8.85. The first kappa shape index (κ1) is 9.08. The van der Waals surface area contributed by atoms with Crippen molar-refractivity contribution in [1.29, 1.82) is 0 Å². The van der Waals surface area contributed by atoms with Gasteiger partial charge in [-0.1, -0.05) is 6.92 Å². The van der Waals surface area contributed by atoms with Crippen molar-refractivity contribution < 1.29 is 22.2 Å². The monoisotopic (exact) mass is 123 g/mol. The van der Waals surface area contributed by atoms with Gasteiger partial charge in [-0.25, -0.2) is 0 Å². The predicted molar refractivity (Wildman–Crippen MR) is 17.4 cm³/mol. The first-order valence-electron chi connectivity index (χ1n) is 1.52. The fourth-order valence-corrected chi connectivity index (χ4v) is 0. The van der Waals surface area contributed by atoms with E-state index in [1.165, 1.54) is 0 Å². The Balaban J connectivity index is 0. The molecule has 5 heavy (non-hydrogen) atoms.